The zero-order valence-electron chi connectivity index (χ0n) is 14.0. The van der Waals surface area contributed by atoms with Crippen molar-refractivity contribution in [1.29, 1.82) is 0 Å². The third-order valence-corrected chi connectivity index (χ3v) is 3.28. The number of hydrazone groups is 1. The maximum Gasteiger partial charge on any atom is 0.343 e. The highest BCUT2D eigenvalue weighted by Crippen LogP contribution is 2.15. The second-order valence-corrected chi connectivity index (χ2v) is 5.41. The van der Waals surface area contributed by atoms with Crippen molar-refractivity contribution in [3.8, 4) is 11.5 Å². The van der Waals surface area contributed by atoms with Crippen LogP contribution in [-0.2, 0) is 14.3 Å². The number of carbonyl (C=O) groups is 2. The third kappa shape index (κ3) is 6.82. The van der Waals surface area contributed by atoms with Gasteiger partial charge in [-0.2, -0.15) is 5.10 Å². The molecule has 8 heteroatoms. The molecule has 0 radical (unpaired) electrons. The second-order valence-electron chi connectivity index (χ2n) is 4.97. The molecule has 7 nitrogen and oxygen atoms in total. The van der Waals surface area contributed by atoms with E-state index >= 15 is 0 Å². The first-order valence-corrected chi connectivity index (χ1v) is 7.94. The molecule has 136 valence electrons. The summed E-state index contributed by atoms with van der Waals surface area (Å²) in [5.74, 6) is 0.132. The third-order valence-electron chi connectivity index (χ3n) is 3.03. The van der Waals surface area contributed by atoms with Crippen molar-refractivity contribution >= 4 is 29.7 Å². The van der Waals surface area contributed by atoms with Gasteiger partial charge in [-0.1, -0.05) is 23.7 Å². The summed E-state index contributed by atoms with van der Waals surface area (Å²) in [6.07, 6.45) is 1.45. The van der Waals surface area contributed by atoms with Crippen molar-refractivity contribution in [3.63, 3.8) is 0 Å². The van der Waals surface area contributed by atoms with Crippen LogP contribution in [0.15, 0.2) is 53.6 Å². The molecule has 2 rings (SSSR count). The van der Waals surface area contributed by atoms with Gasteiger partial charge in [0.1, 0.15) is 11.5 Å². The number of rotatable bonds is 8. The number of carbonyl (C=O) groups excluding carboxylic acids is 2. The predicted octanol–water partition coefficient (Wildman–Crippen LogP) is 2.42. The van der Waals surface area contributed by atoms with Crippen LogP contribution in [0.1, 0.15) is 5.56 Å². The first-order valence-electron chi connectivity index (χ1n) is 7.57. The lowest BCUT2D eigenvalue weighted by molar-refractivity contribution is -0.142. The fourth-order valence-corrected chi connectivity index (χ4v) is 1.90. The van der Waals surface area contributed by atoms with Crippen LogP contribution in [0.5, 0.6) is 11.5 Å². The highest BCUT2D eigenvalue weighted by molar-refractivity contribution is 6.30. The van der Waals surface area contributed by atoms with Gasteiger partial charge in [0.15, 0.2) is 13.2 Å². The molecule has 0 aliphatic rings. The van der Waals surface area contributed by atoms with Crippen LogP contribution in [0, 0.1) is 0 Å². The van der Waals surface area contributed by atoms with Crippen LogP contribution in [0.4, 0.5) is 0 Å². The fraction of sp³-hybridized carbons (Fsp3) is 0.167. The lowest BCUT2D eigenvalue weighted by atomic mass is 10.2. The Bertz CT molecular complexity index is 777. The SMILES string of the molecule is COC(=O)COc1cccc(C=NNC(=O)COc2ccc(Cl)cc2)c1. The first-order chi connectivity index (χ1) is 12.6. The molecule has 0 saturated heterocycles. The van der Waals surface area contributed by atoms with Crippen molar-refractivity contribution in [2.24, 2.45) is 5.10 Å². The lowest BCUT2D eigenvalue weighted by Crippen LogP contribution is -2.24. The lowest BCUT2D eigenvalue weighted by Gasteiger charge is -2.05. The number of ether oxygens (including phenoxy) is 3. The van der Waals surface area contributed by atoms with E-state index in [1.807, 2.05) is 0 Å². The summed E-state index contributed by atoms with van der Waals surface area (Å²) in [5.41, 5.74) is 3.04. The Hall–Kier alpha value is -3.06. The molecule has 0 aliphatic carbocycles. The van der Waals surface area contributed by atoms with Crippen LogP contribution in [-0.4, -0.2) is 38.4 Å². The Labute approximate surface area is 155 Å². The number of hydrogen-bond donors (Lipinski definition) is 1. The number of nitrogens with zero attached hydrogens (tertiary/aromatic N) is 1. The normalized spacial score (nSPS) is 10.4. The minimum absolute atomic E-state index is 0.179. The summed E-state index contributed by atoms with van der Waals surface area (Å²) < 4.78 is 15.1. The van der Waals surface area contributed by atoms with E-state index in [-0.39, 0.29) is 13.2 Å². The summed E-state index contributed by atoms with van der Waals surface area (Å²) in [6, 6.07) is 13.5. The quantitative estimate of drug-likeness (QED) is 0.434. The average molecular weight is 377 g/mol. The monoisotopic (exact) mass is 376 g/mol. The molecule has 0 fully saturated rings. The fourth-order valence-electron chi connectivity index (χ4n) is 1.78. The molecule has 0 heterocycles. The standard InChI is InChI=1S/C18H17ClN2O5/c1-24-18(23)12-26-16-4-2-3-13(9-16)10-20-21-17(22)11-25-15-7-5-14(19)6-8-15/h2-10H,11-12H2,1H3,(H,21,22). The van der Waals surface area contributed by atoms with E-state index in [1.54, 1.807) is 48.5 Å². The number of halogens is 1. The van der Waals surface area contributed by atoms with Gasteiger partial charge in [0, 0.05) is 5.02 Å². The van der Waals surface area contributed by atoms with Crippen molar-refractivity contribution in [2.75, 3.05) is 20.3 Å². The van der Waals surface area contributed by atoms with Crippen LogP contribution in [0.25, 0.3) is 0 Å². The van der Waals surface area contributed by atoms with E-state index in [4.69, 9.17) is 21.1 Å². The molecular weight excluding hydrogens is 360 g/mol. The molecule has 26 heavy (non-hydrogen) atoms. The summed E-state index contributed by atoms with van der Waals surface area (Å²) in [4.78, 5) is 22.8. The number of esters is 1. The molecule has 0 aliphatic heterocycles. The van der Waals surface area contributed by atoms with Gasteiger partial charge in [0.2, 0.25) is 0 Å². The Kier molecular flexibility index (Phi) is 7.45. The van der Waals surface area contributed by atoms with Crippen molar-refractivity contribution in [1.82, 2.24) is 5.43 Å². The van der Waals surface area contributed by atoms with Gasteiger partial charge in [-0.3, -0.25) is 4.79 Å². The maximum absolute atomic E-state index is 11.7. The van der Waals surface area contributed by atoms with Crippen molar-refractivity contribution in [2.45, 2.75) is 0 Å². The Morgan fingerprint density at radius 1 is 1.08 bits per heavy atom. The van der Waals surface area contributed by atoms with Gasteiger partial charge >= 0.3 is 5.97 Å². The van der Waals surface area contributed by atoms with E-state index in [1.165, 1.54) is 13.3 Å². The van der Waals surface area contributed by atoms with E-state index in [0.717, 1.165) is 0 Å². The predicted molar refractivity (Wildman–Crippen MR) is 96.6 cm³/mol. The highest BCUT2D eigenvalue weighted by Gasteiger charge is 2.03. The molecule has 0 atom stereocenters. The highest BCUT2D eigenvalue weighted by atomic mass is 35.5. The van der Waals surface area contributed by atoms with Crippen molar-refractivity contribution in [3.05, 3.63) is 59.1 Å². The topological polar surface area (TPSA) is 86.2 Å². The van der Waals surface area contributed by atoms with Gasteiger partial charge in [-0.05, 0) is 42.0 Å². The Morgan fingerprint density at radius 2 is 1.81 bits per heavy atom. The maximum atomic E-state index is 11.7. The minimum atomic E-state index is -0.475. The second kappa shape index (κ2) is 10.0. The zero-order valence-corrected chi connectivity index (χ0v) is 14.7. The van der Waals surface area contributed by atoms with Gasteiger partial charge in [0.05, 0.1) is 13.3 Å². The summed E-state index contributed by atoms with van der Waals surface area (Å²) in [5, 5.41) is 4.43. The van der Waals surface area contributed by atoms with E-state index in [2.05, 4.69) is 15.3 Å². The summed E-state index contributed by atoms with van der Waals surface area (Å²) in [7, 11) is 1.29. The van der Waals surface area contributed by atoms with Gasteiger partial charge in [0.25, 0.3) is 5.91 Å². The first kappa shape index (κ1) is 19.3. The molecule has 1 N–H and O–H groups in total. The molecule has 0 spiro atoms. The van der Waals surface area contributed by atoms with Crippen LogP contribution in [0.3, 0.4) is 0 Å². The number of hydrogen-bond acceptors (Lipinski definition) is 6. The number of methoxy groups -OCH3 is 1. The average Bonchev–Trinajstić information content (AvgIpc) is 2.66. The van der Waals surface area contributed by atoms with Gasteiger partial charge < -0.3 is 14.2 Å². The largest absolute Gasteiger partial charge is 0.484 e. The zero-order chi connectivity index (χ0) is 18.8. The minimum Gasteiger partial charge on any atom is -0.484 e. The van der Waals surface area contributed by atoms with E-state index in [9.17, 15) is 9.59 Å². The molecule has 0 bridgehead atoms. The number of amides is 1. The molecule has 0 saturated carbocycles. The Morgan fingerprint density at radius 3 is 2.54 bits per heavy atom. The van der Waals surface area contributed by atoms with E-state index in [0.29, 0.717) is 22.1 Å². The molecule has 0 unspecified atom stereocenters. The van der Waals surface area contributed by atoms with Crippen LogP contribution < -0.4 is 14.9 Å². The molecule has 2 aromatic carbocycles. The number of nitrogens with one attached hydrogen (secondary N) is 1. The number of benzene rings is 2. The molecular formula is C18H17ClN2O5. The Balaban J connectivity index is 1.79. The molecule has 2 aromatic rings. The van der Waals surface area contributed by atoms with Gasteiger partial charge in [-0.25, -0.2) is 10.2 Å². The summed E-state index contributed by atoms with van der Waals surface area (Å²) >= 11 is 5.77. The van der Waals surface area contributed by atoms with Crippen LogP contribution >= 0.6 is 11.6 Å². The smallest absolute Gasteiger partial charge is 0.343 e. The van der Waals surface area contributed by atoms with Crippen molar-refractivity contribution < 1.29 is 23.8 Å². The van der Waals surface area contributed by atoms with E-state index < -0.39 is 11.9 Å². The molecule has 0 aromatic heterocycles. The molecule has 1 amide bonds. The van der Waals surface area contributed by atoms with Crippen LogP contribution in [0.2, 0.25) is 5.02 Å². The summed E-state index contributed by atoms with van der Waals surface area (Å²) in [6.45, 7) is -0.364. The van der Waals surface area contributed by atoms with Gasteiger partial charge in [-0.15, -0.1) is 0 Å².